The van der Waals surface area contributed by atoms with Gasteiger partial charge in [0.2, 0.25) is 0 Å². The van der Waals surface area contributed by atoms with Gasteiger partial charge in [0.1, 0.15) is 0 Å². The van der Waals surface area contributed by atoms with Crippen molar-refractivity contribution in [1.29, 1.82) is 0 Å². The summed E-state index contributed by atoms with van der Waals surface area (Å²) in [7, 11) is 0. The van der Waals surface area contributed by atoms with E-state index in [2.05, 4.69) is 11.8 Å². The number of nitrogens with two attached hydrogens (primary N) is 1. The van der Waals surface area contributed by atoms with Crippen molar-refractivity contribution in [2.24, 2.45) is 11.7 Å². The maximum absolute atomic E-state index is 6.29. The summed E-state index contributed by atoms with van der Waals surface area (Å²) >= 11 is 2.13. The Labute approximate surface area is 104 Å². The van der Waals surface area contributed by atoms with Gasteiger partial charge in [0.15, 0.2) is 0 Å². The monoisotopic (exact) mass is 243 g/mol. The van der Waals surface area contributed by atoms with Crippen LogP contribution in [0.25, 0.3) is 0 Å². The van der Waals surface area contributed by atoms with Gasteiger partial charge in [-0.3, -0.25) is 0 Å². The van der Waals surface area contributed by atoms with Gasteiger partial charge in [-0.15, -0.1) is 0 Å². The second-order valence-corrected chi connectivity index (χ2v) is 6.54. The molecule has 1 heterocycles. The molecule has 0 aromatic carbocycles. The molecule has 1 aliphatic carbocycles. The van der Waals surface area contributed by atoms with Gasteiger partial charge in [-0.2, -0.15) is 11.8 Å². The first-order valence-corrected chi connectivity index (χ1v) is 7.86. The maximum atomic E-state index is 6.29. The number of hydrogen-bond donors (Lipinski definition) is 1. The second kappa shape index (κ2) is 6.87. The second-order valence-electron chi connectivity index (χ2n) is 5.21. The first-order chi connectivity index (χ1) is 7.86. The molecule has 0 aromatic heterocycles. The van der Waals surface area contributed by atoms with Gasteiger partial charge in [-0.25, -0.2) is 0 Å². The first-order valence-electron chi connectivity index (χ1n) is 6.81. The summed E-state index contributed by atoms with van der Waals surface area (Å²) in [5, 5.41) is 0.902. The highest BCUT2D eigenvalue weighted by Crippen LogP contribution is 2.30. The average Bonchev–Trinajstić information content (AvgIpc) is 2.38. The fraction of sp³-hybridized carbons (Fsp3) is 1.00. The zero-order chi connectivity index (χ0) is 11.2. The van der Waals surface area contributed by atoms with Crippen LogP contribution in [0, 0.1) is 5.92 Å². The number of hydrogen-bond acceptors (Lipinski definition) is 3. The highest BCUT2D eigenvalue weighted by molar-refractivity contribution is 7.99. The summed E-state index contributed by atoms with van der Waals surface area (Å²) in [6, 6.07) is 0.399. The third kappa shape index (κ3) is 3.94. The summed E-state index contributed by atoms with van der Waals surface area (Å²) in [5.41, 5.74) is 6.29. The van der Waals surface area contributed by atoms with Crippen LogP contribution in [0.15, 0.2) is 0 Å². The molecule has 0 bridgehead atoms. The smallest absolute Gasteiger partial charge is 0.0469 e. The highest BCUT2D eigenvalue weighted by atomic mass is 32.2. The molecule has 16 heavy (non-hydrogen) atoms. The summed E-state index contributed by atoms with van der Waals surface area (Å²) in [6.45, 7) is 1.85. The molecule has 1 saturated heterocycles. The Kier molecular flexibility index (Phi) is 5.46. The summed E-state index contributed by atoms with van der Waals surface area (Å²) in [6.07, 6.45) is 9.51. The van der Waals surface area contributed by atoms with Crippen molar-refractivity contribution in [3.8, 4) is 0 Å². The molecular formula is C13H25NOS. The van der Waals surface area contributed by atoms with E-state index in [9.17, 15) is 0 Å². The molecule has 2 N–H and O–H groups in total. The maximum Gasteiger partial charge on any atom is 0.0469 e. The van der Waals surface area contributed by atoms with Gasteiger partial charge in [0, 0.05) is 30.3 Å². The van der Waals surface area contributed by atoms with Crippen molar-refractivity contribution >= 4 is 11.8 Å². The van der Waals surface area contributed by atoms with E-state index in [0.29, 0.717) is 12.0 Å². The van der Waals surface area contributed by atoms with Crippen molar-refractivity contribution in [2.45, 2.75) is 56.2 Å². The average molecular weight is 243 g/mol. The van der Waals surface area contributed by atoms with Crippen molar-refractivity contribution in [1.82, 2.24) is 0 Å². The molecule has 0 spiro atoms. The van der Waals surface area contributed by atoms with Gasteiger partial charge in [-0.05, 0) is 31.6 Å². The van der Waals surface area contributed by atoms with E-state index in [1.165, 1.54) is 44.9 Å². The minimum Gasteiger partial charge on any atom is -0.381 e. The molecule has 2 aliphatic rings. The standard InChI is InChI=1S/C13H25NOS/c14-13(11-6-8-15-9-7-11)10-16-12-4-2-1-3-5-12/h11-13H,1-10,14H2. The quantitative estimate of drug-likeness (QED) is 0.824. The predicted molar refractivity (Wildman–Crippen MR) is 70.8 cm³/mol. The molecule has 0 amide bonds. The number of thioether (sulfide) groups is 1. The zero-order valence-corrected chi connectivity index (χ0v) is 11.0. The van der Waals surface area contributed by atoms with Crippen molar-refractivity contribution in [3.63, 3.8) is 0 Å². The zero-order valence-electron chi connectivity index (χ0n) is 10.2. The van der Waals surface area contributed by atoms with E-state index in [-0.39, 0.29) is 0 Å². The van der Waals surface area contributed by atoms with Gasteiger partial charge < -0.3 is 10.5 Å². The van der Waals surface area contributed by atoms with E-state index >= 15 is 0 Å². The van der Waals surface area contributed by atoms with Gasteiger partial charge >= 0.3 is 0 Å². The third-order valence-electron chi connectivity index (χ3n) is 3.95. The first kappa shape index (κ1) is 12.7. The molecule has 2 nitrogen and oxygen atoms in total. The topological polar surface area (TPSA) is 35.2 Å². The van der Waals surface area contributed by atoms with E-state index < -0.39 is 0 Å². The molecule has 2 rings (SSSR count). The van der Waals surface area contributed by atoms with Crippen molar-refractivity contribution in [3.05, 3.63) is 0 Å². The van der Waals surface area contributed by atoms with Crippen molar-refractivity contribution in [2.75, 3.05) is 19.0 Å². The Morgan fingerprint density at radius 2 is 1.75 bits per heavy atom. The minimum absolute atomic E-state index is 0.399. The fourth-order valence-corrected chi connectivity index (χ4v) is 4.19. The number of rotatable bonds is 4. The molecule has 94 valence electrons. The Balaban J connectivity index is 1.63. The molecule has 1 unspecified atom stereocenters. The molecule has 2 fully saturated rings. The van der Waals surface area contributed by atoms with Gasteiger partial charge in [0.05, 0.1) is 0 Å². The Morgan fingerprint density at radius 1 is 1.06 bits per heavy atom. The lowest BCUT2D eigenvalue weighted by molar-refractivity contribution is 0.0607. The molecular weight excluding hydrogens is 218 g/mol. The van der Waals surface area contributed by atoms with E-state index in [0.717, 1.165) is 24.2 Å². The molecule has 1 aliphatic heterocycles. The lowest BCUT2D eigenvalue weighted by Gasteiger charge is -2.29. The number of ether oxygens (including phenoxy) is 1. The lowest BCUT2D eigenvalue weighted by atomic mass is 9.94. The summed E-state index contributed by atoms with van der Waals surface area (Å²) in [4.78, 5) is 0. The summed E-state index contributed by atoms with van der Waals surface area (Å²) in [5.74, 6) is 1.87. The Hall–Kier alpha value is 0.270. The largest absolute Gasteiger partial charge is 0.381 e. The predicted octanol–water partition coefficient (Wildman–Crippen LogP) is 2.81. The van der Waals surface area contributed by atoms with Crippen LogP contribution in [0.3, 0.4) is 0 Å². The van der Waals surface area contributed by atoms with Crippen LogP contribution < -0.4 is 5.73 Å². The van der Waals surface area contributed by atoms with Gasteiger partial charge in [-0.1, -0.05) is 19.3 Å². The van der Waals surface area contributed by atoms with Crippen LogP contribution in [-0.4, -0.2) is 30.3 Å². The highest BCUT2D eigenvalue weighted by Gasteiger charge is 2.22. The Bertz CT molecular complexity index is 188. The van der Waals surface area contributed by atoms with Crippen LogP contribution in [0.5, 0.6) is 0 Å². The van der Waals surface area contributed by atoms with Crippen LogP contribution in [0.2, 0.25) is 0 Å². The minimum atomic E-state index is 0.399. The molecule has 0 radical (unpaired) electrons. The van der Waals surface area contributed by atoms with Crippen molar-refractivity contribution < 1.29 is 4.74 Å². The molecule has 0 aromatic rings. The van der Waals surface area contributed by atoms with E-state index in [1.54, 1.807) is 0 Å². The molecule has 1 atom stereocenters. The van der Waals surface area contributed by atoms with Crippen LogP contribution in [-0.2, 0) is 4.74 Å². The Morgan fingerprint density at radius 3 is 2.44 bits per heavy atom. The van der Waals surface area contributed by atoms with Crippen LogP contribution in [0.4, 0.5) is 0 Å². The fourth-order valence-electron chi connectivity index (χ4n) is 2.76. The van der Waals surface area contributed by atoms with E-state index in [4.69, 9.17) is 10.5 Å². The normalized spacial score (nSPS) is 26.8. The van der Waals surface area contributed by atoms with Crippen LogP contribution in [0.1, 0.15) is 44.9 Å². The van der Waals surface area contributed by atoms with Gasteiger partial charge in [0.25, 0.3) is 0 Å². The lowest BCUT2D eigenvalue weighted by Crippen LogP contribution is -2.36. The third-order valence-corrected chi connectivity index (χ3v) is 5.47. The molecule has 1 saturated carbocycles. The van der Waals surface area contributed by atoms with Crippen LogP contribution >= 0.6 is 11.8 Å². The summed E-state index contributed by atoms with van der Waals surface area (Å²) < 4.78 is 5.38. The SMILES string of the molecule is NC(CSC1CCCCC1)C1CCOCC1. The van der Waals surface area contributed by atoms with E-state index in [1.807, 2.05) is 0 Å². The molecule has 3 heteroatoms.